The van der Waals surface area contributed by atoms with E-state index in [1.165, 1.54) is 31.2 Å². The molecule has 39 heavy (non-hydrogen) atoms. The number of nitrogens with zero attached hydrogens (tertiary/aromatic N) is 2. The van der Waals surface area contributed by atoms with Crippen LogP contribution in [0.1, 0.15) is 35.6 Å². The van der Waals surface area contributed by atoms with Crippen molar-refractivity contribution in [3.63, 3.8) is 0 Å². The first kappa shape index (κ1) is 29.7. The molecule has 8 nitrogen and oxygen atoms in total. The van der Waals surface area contributed by atoms with Crippen LogP contribution in [0.5, 0.6) is 5.75 Å². The van der Waals surface area contributed by atoms with Crippen LogP contribution in [0.15, 0.2) is 71.6 Å². The molecule has 0 saturated heterocycles. The van der Waals surface area contributed by atoms with Gasteiger partial charge in [0.15, 0.2) is 0 Å². The summed E-state index contributed by atoms with van der Waals surface area (Å²) in [4.78, 5) is 28.4. The molecule has 3 aromatic carbocycles. The predicted octanol–water partition coefficient (Wildman–Crippen LogP) is 4.37. The predicted molar refractivity (Wildman–Crippen MR) is 153 cm³/mol. The van der Waals surface area contributed by atoms with Crippen LogP contribution in [0.3, 0.4) is 0 Å². The highest BCUT2D eigenvalue weighted by Gasteiger charge is 2.34. The molecule has 0 bridgehead atoms. The molecule has 0 fully saturated rings. The van der Waals surface area contributed by atoms with Gasteiger partial charge in [-0.15, -0.1) is 0 Å². The number of amides is 2. The Hall–Kier alpha value is -3.85. The molecule has 1 N–H and O–H groups in total. The van der Waals surface area contributed by atoms with E-state index in [-0.39, 0.29) is 23.0 Å². The van der Waals surface area contributed by atoms with Crippen LogP contribution in [-0.2, 0) is 26.2 Å². The number of sulfonamides is 1. The number of rotatable bonds is 11. The van der Waals surface area contributed by atoms with E-state index in [4.69, 9.17) is 4.74 Å². The van der Waals surface area contributed by atoms with Crippen LogP contribution in [0, 0.1) is 20.8 Å². The van der Waals surface area contributed by atoms with Crippen molar-refractivity contribution in [1.82, 2.24) is 10.2 Å². The summed E-state index contributed by atoms with van der Waals surface area (Å²) in [6.45, 7) is 7.12. The fourth-order valence-corrected chi connectivity index (χ4v) is 5.74. The zero-order chi connectivity index (χ0) is 28.7. The lowest BCUT2D eigenvalue weighted by Crippen LogP contribution is -2.51. The van der Waals surface area contributed by atoms with Gasteiger partial charge in [-0.25, -0.2) is 8.42 Å². The second kappa shape index (κ2) is 12.8. The maximum atomic E-state index is 14.0. The van der Waals surface area contributed by atoms with Gasteiger partial charge in [0.25, 0.3) is 10.0 Å². The second-order valence-electron chi connectivity index (χ2n) is 9.55. The third-order valence-electron chi connectivity index (χ3n) is 6.60. The molecule has 0 saturated carbocycles. The van der Waals surface area contributed by atoms with Gasteiger partial charge in [0.05, 0.1) is 17.7 Å². The number of nitrogens with one attached hydrogen (secondary N) is 1. The fourth-order valence-electron chi connectivity index (χ4n) is 4.32. The molecule has 1 unspecified atom stereocenters. The van der Waals surface area contributed by atoms with Crippen LogP contribution in [0.4, 0.5) is 5.69 Å². The SMILES string of the molecule is CCC(C(=O)NC)N(Cc1ccc(C)cc1)C(=O)CN(c1cc(C)ccc1OC)S(=O)(=O)c1ccc(C)cc1. The number of likely N-dealkylation sites (N-methyl/N-ethyl adjacent to an activating group) is 1. The van der Waals surface area contributed by atoms with Crippen molar-refractivity contribution < 1.29 is 22.7 Å². The minimum absolute atomic E-state index is 0.0490. The average Bonchev–Trinajstić information content (AvgIpc) is 2.92. The van der Waals surface area contributed by atoms with E-state index in [1.807, 2.05) is 58.0 Å². The summed E-state index contributed by atoms with van der Waals surface area (Å²) in [5.41, 5.74) is 3.85. The second-order valence-corrected chi connectivity index (χ2v) is 11.4. The molecule has 208 valence electrons. The lowest BCUT2D eigenvalue weighted by atomic mass is 10.1. The Balaban J connectivity index is 2.12. The molecule has 0 spiro atoms. The summed E-state index contributed by atoms with van der Waals surface area (Å²) >= 11 is 0. The highest BCUT2D eigenvalue weighted by molar-refractivity contribution is 7.92. The topological polar surface area (TPSA) is 96.0 Å². The van der Waals surface area contributed by atoms with Crippen LogP contribution in [0.25, 0.3) is 0 Å². The molecule has 0 heterocycles. The van der Waals surface area contributed by atoms with Crippen LogP contribution < -0.4 is 14.4 Å². The lowest BCUT2D eigenvalue weighted by Gasteiger charge is -2.33. The third-order valence-corrected chi connectivity index (χ3v) is 8.37. The van der Waals surface area contributed by atoms with Crippen molar-refractivity contribution in [3.05, 3.63) is 89.0 Å². The first-order chi connectivity index (χ1) is 18.5. The van der Waals surface area contributed by atoms with Crippen LogP contribution >= 0.6 is 0 Å². The standard InChI is InChI=1S/C30H37N3O5S/c1-7-26(30(35)31-5)32(19-24-13-8-21(2)9-14-24)29(34)20-33(27-18-23(4)12-17-28(27)38-6)39(36,37)25-15-10-22(3)11-16-25/h8-18,26H,7,19-20H2,1-6H3,(H,31,35). The van der Waals surface area contributed by atoms with Gasteiger partial charge in [0.2, 0.25) is 11.8 Å². The maximum Gasteiger partial charge on any atom is 0.264 e. The highest BCUT2D eigenvalue weighted by atomic mass is 32.2. The van der Waals surface area contributed by atoms with E-state index < -0.39 is 28.5 Å². The normalized spacial score (nSPS) is 11.9. The van der Waals surface area contributed by atoms with E-state index in [9.17, 15) is 18.0 Å². The van der Waals surface area contributed by atoms with Crippen LogP contribution in [0.2, 0.25) is 0 Å². The maximum absolute atomic E-state index is 14.0. The Morgan fingerprint density at radius 2 is 1.46 bits per heavy atom. The molecule has 0 aliphatic carbocycles. The Kier molecular flexibility index (Phi) is 9.75. The number of carbonyl (C=O) groups is 2. The number of hydrogen-bond donors (Lipinski definition) is 1. The third kappa shape index (κ3) is 6.97. The molecule has 0 aromatic heterocycles. The van der Waals surface area contributed by atoms with E-state index in [2.05, 4.69) is 5.32 Å². The van der Waals surface area contributed by atoms with E-state index >= 15 is 0 Å². The zero-order valence-corrected chi connectivity index (χ0v) is 24.2. The molecular weight excluding hydrogens is 514 g/mol. The molecule has 1 atom stereocenters. The van der Waals surface area contributed by atoms with Gasteiger partial charge in [-0.3, -0.25) is 13.9 Å². The number of methoxy groups -OCH3 is 1. The highest BCUT2D eigenvalue weighted by Crippen LogP contribution is 2.34. The van der Waals surface area contributed by atoms with Crippen molar-refractivity contribution in [3.8, 4) is 5.75 Å². The fraction of sp³-hybridized carbons (Fsp3) is 0.333. The Morgan fingerprint density at radius 3 is 2.00 bits per heavy atom. The van der Waals surface area contributed by atoms with Gasteiger partial charge >= 0.3 is 0 Å². The molecule has 0 aliphatic heterocycles. The molecule has 3 rings (SSSR count). The van der Waals surface area contributed by atoms with Gasteiger partial charge in [-0.2, -0.15) is 0 Å². The zero-order valence-electron chi connectivity index (χ0n) is 23.4. The number of anilines is 1. The van der Waals surface area contributed by atoms with Gasteiger partial charge in [-0.1, -0.05) is 60.5 Å². The van der Waals surface area contributed by atoms with Gasteiger partial charge in [0, 0.05) is 13.6 Å². The molecule has 0 radical (unpaired) electrons. The lowest BCUT2D eigenvalue weighted by molar-refractivity contribution is -0.140. The summed E-state index contributed by atoms with van der Waals surface area (Å²) in [6.07, 6.45) is 0.357. The van der Waals surface area contributed by atoms with Gasteiger partial charge in [-0.05, 0) is 62.6 Å². The summed E-state index contributed by atoms with van der Waals surface area (Å²) in [5, 5.41) is 2.63. The molecular formula is C30H37N3O5S. The number of hydrogen-bond acceptors (Lipinski definition) is 5. The smallest absolute Gasteiger partial charge is 0.264 e. The average molecular weight is 552 g/mol. The molecule has 2 amide bonds. The van der Waals surface area contributed by atoms with E-state index in [1.54, 1.807) is 24.3 Å². The number of aryl methyl sites for hydroxylation is 3. The van der Waals surface area contributed by atoms with Crippen molar-refractivity contribution in [1.29, 1.82) is 0 Å². The minimum atomic E-state index is -4.18. The van der Waals surface area contributed by atoms with Crippen molar-refractivity contribution in [2.75, 3.05) is 25.0 Å². The van der Waals surface area contributed by atoms with Crippen molar-refractivity contribution in [2.45, 2.75) is 51.6 Å². The number of benzene rings is 3. The molecule has 0 aliphatic rings. The summed E-state index contributed by atoms with van der Waals surface area (Å²) < 4.78 is 34.6. The van der Waals surface area contributed by atoms with E-state index in [0.717, 1.165) is 26.6 Å². The summed E-state index contributed by atoms with van der Waals surface area (Å²) in [5.74, 6) is -0.517. The number of ether oxygens (including phenoxy) is 1. The molecule has 9 heteroatoms. The monoisotopic (exact) mass is 551 g/mol. The van der Waals surface area contributed by atoms with Crippen molar-refractivity contribution in [2.24, 2.45) is 0 Å². The Morgan fingerprint density at radius 1 is 0.897 bits per heavy atom. The van der Waals surface area contributed by atoms with Crippen molar-refractivity contribution >= 4 is 27.5 Å². The Labute approximate surface area is 231 Å². The first-order valence-corrected chi connectivity index (χ1v) is 14.3. The quantitative estimate of drug-likeness (QED) is 0.382. The van der Waals surface area contributed by atoms with Crippen LogP contribution in [-0.4, -0.2) is 51.9 Å². The van der Waals surface area contributed by atoms with Gasteiger partial charge < -0.3 is 15.0 Å². The number of carbonyl (C=O) groups excluding carboxylic acids is 2. The first-order valence-electron chi connectivity index (χ1n) is 12.8. The molecule has 3 aromatic rings. The summed E-state index contributed by atoms with van der Waals surface area (Å²) in [7, 11) is -1.21. The minimum Gasteiger partial charge on any atom is -0.495 e. The summed E-state index contributed by atoms with van der Waals surface area (Å²) in [6, 6.07) is 18.5. The largest absolute Gasteiger partial charge is 0.495 e. The van der Waals surface area contributed by atoms with Gasteiger partial charge in [0.1, 0.15) is 18.3 Å². The van der Waals surface area contributed by atoms with E-state index in [0.29, 0.717) is 12.2 Å². The Bertz CT molecular complexity index is 1400.